The van der Waals surface area contributed by atoms with Gasteiger partial charge in [0.05, 0.1) is 7.28 Å². The second-order valence-corrected chi connectivity index (χ2v) is 2.38. The minimum Gasteiger partial charge on any atom is -0.387 e. The van der Waals surface area contributed by atoms with Crippen LogP contribution in [-0.4, -0.2) is 20.0 Å². The molecule has 1 saturated heterocycles. The molecule has 1 aliphatic heterocycles. The van der Waals surface area contributed by atoms with Crippen LogP contribution in [-0.2, 0) is 21.1 Å². The molecule has 3 heteroatoms. The van der Waals surface area contributed by atoms with Crippen molar-refractivity contribution in [2.75, 3.05) is 7.05 Å². The zero-order chi connectivity index (χ0) is 7.40. The maximum atomic E-state index is 4.17. The van der Waals surface area contributed by atoms with Gasteiger partial charge in [-0.05, 0) is 0 Å². The van der Waals surface area contributed by atoms with Crippen LogP contribution in [0.2, 0.25) is 12.6 Å². The molecule has 0 amide bonds. The molecule has 59 valence electrons. The Hall–Kier alpha value is 0.163. The fourth-order valence-corrected chi connectivity index (χ4v) is 1.21. The summed E-state index contributed by atoms with van der Waals surface area (Å²) in [6.07, 6.45) is 6.41. The van der Waals surface area contributed by atoms with Gasteiger partial charge in [-0.2, -0.15) is 0 Å². The van der Waals surface area contributed by atoms with Crippen LogP contribution in [0.4, 0.5) is 0 Å². The summed E-state index contributed by atoms with van der Waals surface area (Å²) in [5, 5.41) is 0. The van der Waals surface area contributed by atoms with Crippen molar-refractivity contribution in [2.45, 2.75) is 26.0 Å². The fourth-order valence-electron chi connectivity index (χ4n) is 1.21. The van der Waals surface area contributed by atoms with Gasteiger partial charge in [0, 0.05) is 28.1 Å². The monoisotopic (exact) mass is 317 g/mol. The van der Waals surface area contributed by atoms with Gasteiger partial charge in [0.2, 0.25) is 0 Å². The maximum Gasteiger partial charge on any atom is 0.0986 e. The zero-order valence-electron chi connectivity index (χ0n) is 7.05. The number of hydrogen-bond donors (Lipinski definition) is 0. The third-order valence-corrected chi connectivity index (χ3v) is 1.69. The van der Waals surface area contributed by atoms with Crippen LogP contribution in [0.25, 0.3) is 0 Å². The molecule has 1 radical (unpaired) electrons. The van der Waals surface area contributed by atoms with E-state index in [4.69, 9.17) is 0 Å². The maximum absolute atomic E-state index is 4.17. The number of allylic oxidation sites excluding steroid dienone is 2. The van der Waals surface area contributed by atoms with Crippen LogP contribution in [0.1, 0.15) is 13.3 Å². The van der Waals surface area contributed by atoms with E-state index >= 15 is 0 Å². The Morgan fingerprint density at radius 2 is 2.27 bits per heavy atom. The summed E-state index contributed by atoms with van der Waals surface area (Å²) in [7, 11) is 4.10. The van der Waals surface area contributed by atoms with Gasteiger partial charge in [0.15, 0.2) is 0 Å². The Bertz CT molecular complexity index is 175. The Morgan fingerprint density at radius 3 is 2.82 bits per heavy atom. The van der Waals surface area contributed by atoms with Crippen molar-refractivity contribution in [3.8, 4) is 0 Å². The molecule has 0 unspecified atom stereocenters. The second kappa shape index (κ2) is 5.77. The molecular weight excluding hydrogens is 305 g/mol. The summed E-state index contributed by atoms with van der Waals surface area (Å²) in [6, 6.07) is 0. The first-order valence-corrected chi connectivity index (χ1v) is 3.76. The number of aliphatic imine (C=N–C) groups is 1. The topological polar surface area (TPSA) is 12.4 Å². The summed E-state index contributed by atoms with van der Waals surface area (Å²) in [4.78, 5) is 4.17. The number of hydrogen-bond acceptors (Lipinski definition) is 1. The third kappa shape index (κ3) is 2.95. The molecule has 1 aliphatic rings. The Balaban J connectivity index is 0.000001000. The molecule has 0 N–H and O–H groups in total. The molecule has 0 spiro atoms. The Kier molecular flexibility index (Phi) is 5.85. The average molecular weight is 317 g/mol. The van der Waals surface area contributed by atoms with E-state index in [0.717, 1.165) is 19.1 Å². The van der Waals surface area contributed by atoms with Crippen molar-refractivity contribution < 1.29 is 21.1 Å². The Morgan fingerprint density at radius 1 is 1.55 bits per heavy atom. The van der Waals surface area contributed by atoms with Gasteiger partial charge in [0.25, 0.3) is 0 Å². The summed E-state index contributed by atoms with van der Waals surface area (Å²) < 4.78 is 0. The second-order valence-electron chi connectivity index (χ2n) is 2.38. The van der Waals surface area contributed by atoms with Gasteiger partial charge in [-0.3, -0.25) is 6.08 Å². The summed E-state index contributed by atoms with van der Waals surface area (Å²) in [5.41, 5.74) is 2.53. The summed E-state index contributed by atoms with van der Waals surface area (Å²) >= 11 is 0. The average Bonchev–Trinajstić information content (AvgIpc) is 2.36. The molecule has 11 heavy (non-hydrogen) atoms. The first-order valence-electron chi connectivity index (χ1n) is 3.76. The first kappa shape index (κ1) is 11.2. The van der Waals surface area contributed by atoms with Crippen molar-refractivity contribution in [1.29, 1.82) is 0 Å². The molecule has 0 aromatic heterocycles. The number of rotatable bonds is 1. The fraction of sp³-hybridized carbons (Fsp3) is 0.625. The molecule has 0 aliphatic carbocycles. The van der Waals surface area contributed by atoms with Crippen molar-refractivity contribution in [2.24, 2.45) is 4.99 Å². The molecule has 1 fully saturated rings. The summed E-state index contributed by atoms with van der Waals surface area (Å²) in [6.45, 7) is 2.11. The minimum absolute atomic E-state index is 0. The van der Waals surface area contributed by atoms with Gasteiger partial charge in [-0.1, -0.05) is 13.2 Å². The van der Waals surface area contributed by atoms with Gasteiger partial charge >= 0.3 is 0 Å². The van der Waals surface area contributed by atoms with E-state index in [1.165, 1.54) is 11.3 Å². The van der Waals surface area contributed by atoms with Crippen LogP contribution >= 0.6 is 0 Å². The predicted molar refractivity (Wildman–Crippen MR) is 45.8 cm³/mol. The van der Waals surface area contributed by atoms with Crippen molar-refractivity contribution in [3.63, 3.8) is 0 Å². The van der Waals surface area contributed by atoms with Crippen molar-refractivity contribution in [3.05, 3.63) is 11.6 Å². The van der Waals surface area contributed by atoms with Gasteiger partial charge in [-0.15, -0.1) is 18.5 Å². The Labute approximate surface area is 83.9 Å². The zero-order valence-corrected chi connectivity index (χ0v) is 9.99. The van der Waals surface area contributed by atoms with Gasteiger partial charge in [-0.25, -0.2) is 5.57 Å². The quantitative estimate of drug-likeness (QED) is 0.516. The van der Waals surface area contributed by atoms with Crippen LogP contribution in [0, 0.1) is 6.08 Å². The minimum atomic E-state index is 0. The molecule has 1 heterocycles. The standard InChI is InChI=1S/C8H12BN.W/c1-3-4-7-5-9-6-8(7)10-2;/h3,5-6H2,1-2H3;/q-1;. The van der Waals surface area contributed by atoms with E-state index in [0.29, 0.717) is 0 Å². The van der Waals surface area contributed by atoms with E-state index in [9.17, 15) is 0 Å². The van der Waals surface area contributed by atoms with Crippen LogP contribution < -0.4 is 0 Å². The van der Waals surface area contributed by atoms with Gasteiger partial charge < -0.3 is 4.99 Å². The van der Waals surface area contributed by atoms with Crippen LogP contribution in [0.15, 0.2) is 10.6 Å². The molecule has 0 aromatic rings. The predicted octanol–water partition coefficient (Wildman–Crippen LogP) is 1.75. The largest absolute Gasteiger partial charge is 0.387 e. The molecule has 0 bridgehead atoms. The molecule has 1 rings (SSSR count). The third-order valence-electron chi connectivity index (χ3n) is 1.69. The van der Waals surface area contributed by atoms with Crippen molar-refractivity contribution >= 4 is 13.0 Å². The smallest absolute Gasteiger partial charge is 0.0986 e. The van der Waals surface area contributed by atoms with E-state index in [2.05, 4.69) is 25.3 Å². The summed E-state index contributed by atoms with van der Waals surface area (Å²) in [5.74, 6) is 0. The van der Waals surface area contributed by atoms with E-state index in [-0.39, 0.29) is 21.1 Å². The van der Waals surface area contributed by atoms with E-state index < -0.39 is 0 Å². The molecule has 0 aromatic carbocycles. The van der Waals surface area contributed by atoms with Gasteiger partial charge in [0.1, 0.15) is 0 Å². The van der Waals surface area contributed by atoms with Crippen molar-refractivity contribution in [1.82, 2.24) is 0 Å². The van der Waals surface area contributed by atoms with Crippen LogP contribution in [0.3, 0.4) is 0 Å². The molecule has 1 nitrogen and oxygen atoms in total. The molecule has 0 atom stereocenters. The van der Waals surface area contributed by atoms with E-state index in [1.54, 1.807) is 0 Å². The normalized spacial score (nSPS) is 23.5. The van der Waals surface area contributed by atoms with Crippen LogP contribution in [0.5, 0.6) is 0 Å². The molecule has 0 saturated carbocycles. The number of nitrogens with zero attached hydrogens (tertiary/aromatic N) is 1. The molecular formula is C8H12BNW-. The first-order chi connectivity index (χ1) is 4.88. The van der Waals surface area contributed by atoms with E-state index in [1.807, 2.05) is 7.05 Å². The SMILES string of the molecule is CC[C-]=C1C[B]CC1=NC.[W].